The number of methoxy groups -OCH3 is 1. The lowest BCUT2D eigenvalue weighted by molar-refractivity contribution is -0.116. The summed E-state index contributed by atoms with van der Waals surface area (Å²) in [6, 6.07) is 18.2. The SMILES string of the molecule is COc1ccccc1/C=C/C(=O)NCc1cccc(NC(=O)c2cccnc2)c1. The smallest absolute Gasteiger partial charge is 0.257 e. The van der Waals surface area contributed by atoms with Crippen molar-refractivity contribution in [1.82, 2.24) is 10.3 Å². The minimum absolute atomic E-state index is 0.222. The molecule has 0 spiro atoms. The van der Waals surface area contributed by atoms with Crippen LogP contribution in [-0.2, 0) is 11.3 Å². The van der Waals surface area contributed by atoms with Crippen molar-refractivity contribution < 1.29 is 14.3 Å². The number of nitrogens with zero attached hydrogens (tertiary/aromatic N) is 1. The molecule has 0 radical (unpaired) electrons. The maximum Gasteiger partial charge on any atom is 0.257 e. The average Bonchev–Trinajstić information content (AvgIpc) is 2.77. The largest absolute Gasteiger partial charge is 0.496 e. The summed E-state index contributed by atoms with van der Waals surface area (Å²) in [7, 11) is 1.59. The van der Waals surface area contributed by atoms with Gasteiger partial charge in [0.15, 0.2) is 0 Å². The highest BCUT2D eigenvalue weighted by molar-refractivity contribution is 6.04. The Morgan fingerprint density at radius 3 is 2.72 bits per heavy atom. The molecule has 0 bridgehead atoms. The van der Waals surface area contributed by atoms with Crippen LogP contribution in [0.1, 0.15) is 21.5 Å². The van der Waals surface area contributed by atoms with E-state index in [1.807, 2.05) is 42.5 Å². The van der Waals surface area contributed by atoms with Crippen molar-refractivity contribution in [3.05, 3.63) is 95.8 Å². The molecule has 29 heavy (non-hydrogen) atoms. The first-order valence-corrected chi connectivity index (χ1v) is 9.05. The normalized spacial score (nSPS) is 10.5. The monoisotopic (exact) mass is 387 g/mol. The van der Waals surface area contributed by atoms with Gasteiger partial charge >= 0.3 is 0 Å². The predicted octanol–water partition coefficient (Wildman–Crippen LogP) is 3.67. The van der Waals surface area contributed by atoms with Gasteiger partial charge in [-0.2, -0.15) is 0 Å². The molecule has 3 aromatic rings. The van der Waals surface area contributed by atoms with E-state index in [0.29, 0.717) is 23.5 Å². The van der Waals surface area contributed by atoms with Gasteiger partial charge in [0.1, 0.15) is 5.75 Å². The number of carbonyl (C=O) groups excluding carboxylic acids is 2. The van der Waals surface area contributed by atoms with Crippen molar-refractivity contribution in [1.29, 1.82) is 0 Å². The van der Waals surface area contributed by atoms with Gasteiger partial charge in [0.25, 0.3) is 5.91 Å². The van der Waals surface area contributed by atoms with Crippen LogP contribution < -0.4 is 15.4 Å². The number of aromatic nitrogens is 1. The molecule has 2 aromatic carbocycles. The van der Waals surface area contributed by atoms with Gasteiger partial charge in [-0.05, 0) is 42.0 Å². The van der Waals surface area contributed by atoms with Crippen LogP contribution in [0.4, 0.5) is 5.69 Å². The first kappa shape index (κ1) is 19.8. The summed E-state index contributed by atoms with van der Waals surface area (Å²) in [6.07, 6.45) is 6.29. The van der Waals surface area contributed by atoms with Gasteiger partial charge in [-0.1, -0.05) is 30.3 Å². The van der Waals surface area contributed by atoms with Crippen LogP contribution in [0.3, 0.4) is 0 Å². The molecular formula is C23H21N3O3. The van der Waals surface area contributed by atoms with Gasteiger partial charge < -0.3 is 15.4 Å². The molecule has 6 nitrogen and oxygen atoms in total. The van der Waals surface area contributed by atoms with Crippen molar-refractivity contribution in [3.8, 4) is 5.75 Å². The van der Waals surface area contributed by atoms with Gasteiger partial charge in [0.05, 0.1) is 12.7 Å². The number of hydrogen-bond donors (Lipinski definition) is 2. The second-order valence-corrected chi connectivity index (χ2v) is 6.19. The first-order chi connectivity index (χ1) is 14.2. The van der Waals surface area contributed by atoms with Gasteiger partial charge in [-0.25, -0.2) is 0 Å². The molecule has 0 atom stereocenters. The summed E-state index contributed by atoms with van der Waals surface area (Å²) in [5.74, 6) is 0.244. The Balaban J connectivity index is 1.57. The standard InChI is InChI=1S/C23H21N3O3/c1-29-21-10-3-2-7-18(21)11-12-22(27)25-15-17-6-4-9-20(14-17)26-23(28)19-8-5-13-24-16-19/h2-14,16H,15H2,1H3,(H,25,27)(H,26,28)/b12-11+. The van der Waals surface area contributed by atoms with Crippen LogP contribution in [0.15, 0.2) is 79.1 Å². The van der Waals surface area contributed by atoms with E-state index in [1.54, 1.807) is 37.6 Å². The Kier molecular flexibility index (Phi) is 6.73. The molecular weight excluding hydrogens is 366 g/mol. The minimum atomic E-state index is -0.237. The highest BCUT2D eigenvalue weighted by Crippen LogP contribution is 2.18. The summed E-state index contributed by atoms with van der Waals surface area (Å²) in [6.45, 7) is 0.339. The summed E-state index contributed by atoms with van der Waals surface area (Å²) in [5.41, 5.74) is 2.82. The van der Waals surface area contributed by atoms with E-state index in [1.165, 1.54) is 12.3 Å². The zero-order valence-corrected chi connectivity index (χ0v) is 16.0. The first-order valence-electron chi connectivity index (χ1n) is 9.05. The maximum atomic E-state index is 12.2. The fraction of sp³-hybridized carbons (Fsp3) is 0.0870. The molecule has 1 aromatic heterocycles. The molecule has 0 saturated carbocycles. The molecule has 146 valence electrons. The molecule has 0 unspecified atom stereocenters. The van der Waals surface area contributed by atoms with Crippen LogP contribution in [0.5, 0.6) is 5.75 Å². The minimum Gasteiger partial charge on any atom is -0.496 e. The lowest BCUT2D eigenvalue weighted by atomic mass is 10.1. The molecule has 3 rings (SSSR count). The Bertz CT molecular complexity index is 1020. The number of para-hydroxylation sites is 1. The Morgan fingerprint density at radius 2 is 1.93 bits per heavy atom. The van der Waals surface area contributed by atoms with E-state index >= 15 is 0 Å². The summed E-state index contributed by atoms with van der Waals surface area (Å²) < 4.78 is 5.26. The summed E-state index contributed by atoms with van der Waals surface area (Å²) >= 11 is 0. The molecule has 1 heterocycles. The van der Waals surface area contributed by atoms with Crippen molar-refractivity contribution in [2.24, 2.45) is 0 Å². The van der Waals surface area contributed by atoms with Gasteiger partial charge in [0, 0.05) is 36.3 Å². The molecule has 0 aliphatic carbocycles. The third kappa shape index (κ3) is 5.77. The fourth-order valence-corrected chi connectivity index (χ4v) is 2.68. The number of nitrogens with one attached hydrogen (secondary N) is 2. The van der Waals surface area contributed by atoms with Crippen LogP contribution in [0, 0.1) is 0 Å². The van der Waals surface area contributed by atoms with Gasteiger partial charge in [0.2, 0.25) is 5.91 Å². The molecule has 0 fully saturated rings. The number of anilines is 1. The summed E-state index contributed by atoms with van der Waals surface area (Å²) in [4.78, 5) is 28.3. The van der Waals surface area contributed by atoms with Crippen LogP contribution in [0.25, 0.3) is 6.08 Å². The molecule has 0 aliphatic rings. The van der Waals surface area contributed by atoms with E-state index in [0.717, 1.165) is 11.1 Å². The second-order valence-electron chi connectivity index (χ2n) is 6.19. The number of hydrogen-bond acceptors (Lipinski definition) is 4. The fourth-order valence-electron chi connectivity index (χ4n) is 2.68. The zero-order chi connectivity index (χ0) is 20.5. The van der Waals surface area contributed by atoms with E-state index in [2.05, 4.69) is 15.6 Å². The van der Waals surface area contributed by atoms with Crippen LogP contribution >= 0.6 is 0 Å². The van der Waals surface area contributed by atoms with Gasteiger partial charge in [-0.15, -0.1) is 0 Å². The third-order valence-corrected chi connectivity index (χ3v) is 4.13. The molecule has 6 heteroatoms. The lowest BCUT2D eigenvalue weighted by Crippen LogP contribution is -2.20. The van der Waals surface area contributed by atoms with Crippen molar-refractivity contribution >= 4 is 23.6 Å². The van der Waals surface area contributed by atoms with Crippen molar-refractivity contribution in [2.45, 2.75) is 6.54 Å². The number of carbonyl (C=O) groups is 2. The van der Waals surface area contributed by atoms with Crippen LogP contribution in [0.2, 0.25) is 0 Å². The molecule has 2 N–H and O–H groups in total. The number of pyridine rings is 1. The Morgan fingerprint density at radius 1 is 1.07 bits per heavy atom. The predicted molar refractivity (Wildman–Crippen MR) is 113 cm³/mol. The molecule has 0 saturated heterocycles. The number of ether oxygens (including phenoxy) is 1. The number of amides is 2. The maximum absolute atomic E-state index is 12.2. The average molecular weight is 387 g/mol. The Labute approximate surface area is 169 Å². The van der Waals surface area contributed by atoms with Gasteiger partial charge in [-0.3, -0.25) is 14.6 Å². The number of rotatable bonds is 7. The van der Waals surface area contributed by atoms with Crippen molar-refractivity contribution in [3.63, 3.8) is 0 Å². The topological polar surface area (TPSA) is 80.3 Å². The van der Waals surface area contributed by atoms with Crippen molar-refractivity contribution in [2.75, 3.05) is 12.4 Å². The zero-order valence-electron chi connectivity index (χ0n) is 16.0. The highest BCUT2D eigenvalue weighted by Gasteiger charge is 2.06. The molecule has 0 aliphatic heterocycles. The third-order valence-electron chi connectivity index (χ3n) is 4.13. The highest BCUT2D eigenvalue weighted by atomic mass is 16.5. The van der Waals surface area contributed by atoms with E-state index < -0.39 is 0 Å². The molecule has 2 amide bonds. The van der Waals surface area contributed by atoms with E-state index in [-0.39, 0.29) is 11.8 Å². The number of benzene rings is 2. The second kappa shape index (κ2) is 9.85. The van der Waals surface area contributed by atoms with Crippen LogP contribution in [-0.4, -0.2) is 23.9 Å². The van der Waals surface area contributed by atoms with E-state index in [4.69, 9.17) is 4.74 Å². The lowest BCUT2D eigenvalue weighted by Gasteiger charge is -2.08. The van der Waals surface area contributed by atoms with E-state index in [9.17, 15) is 9.59 Å². The quantitative estimate of drug-likeness (QED) is 0.606. The summed E-state index contributed by atoms with van der Waals surface area (Å²) in [5, 5.41) is 5.66. The Hall–Kier alpha value is -3.93.